The zero-order chi connectivity index (χ0) is 17.4. The van der Waals surface area contributed by atoms with Gasteiger partial charge in [0.05, 0.1) is 6.10 Å². The summed E-state index contributed by atoms with van der Waals surface area (Å²) in [7, 11) is 1.72. The van der Waals surface area contributed by atoms with Crippen molar-refractivity contribution >= 4 is 11.9 Å². The SMILES string of the molecule is CN1C(=O)N(Cc2nc(CC3CCCO3)no2)C(=O)C12CCCCC2. The molecule has 0 bridgehead atoms. The smallest absolute Gasteiger partial charge is 0.327 e. The summed E-state index contributed by atoms with van der Waals surface area (Å²) in [6, 6.07) is -0.272. The van der Waals surface area contributed by atoms with Gasteiger partial charge >= 0.3 is 6.03 Å². The van der Waals surface area contributed by atoms with E-state index in [0.29, 0.717) is 18.1 Å². The number of aromatic nitrogens is 2. The molecule has 1 aromatic heterocycles. The monoisotopic (exact) mass is 348 g/mol. The molecule has 3 heterocycles. The second-order valence-corrected chi connectivity index (χ2v) is 7.27. The van der Waals surface area contributed by atoms with Gasteiger partial charge < -0.3 is 14.2 Å². The number of hydrogen-bond donors (Lipinski definition) is 0. The third-order valence-corrected chi connectivity index (χ3v) is 5.72. The molecule has 2 aliphatic heterocycles. The first-order chi connectivity index (χ1) is 12.1. The lowest BCUT2D eigenvalue weighted by Gasteiger charge is -2.35. The van der Waals surface area contributed by atoms with Crippen molar-refractivity contribution in [3.63, 3.8) is 0 Å². The maximum atomic E-state index is 12.9. The molecule has 8 heteroatoms. The van der Waals surface area contributed by atoms with Gasteiger partial charge in [0.25, 0.3) is 5.91 Å². The lowest BCUT2D eigenvalue weighted by molar-refractivity contribution is -0.135. The number of carbonyl (C=O) groups excluding carboxylic acids is 2. The highest BCUT2D eigenvalue weighted by Crippen LogP contribution is 2.39. The molecule has 0 radical (unpaired) electrons. The van der Waals surface area contributed by atoms with Crippen molar-refractivity contribution in [3.8, 4) is 0 Å². The van der Waals surface area contributed by atoms with E-state index in [1.54, 1.807) is 11.9 Å². The maximum Gasteiger partial charge on any atom is 0.327 e. The van der Waals surface area contributed by atoms with E-state index in [-0.39, 0.29) is 24.6 Å². The Morgan fingerprint density at radius 3 is 2.72 bits per heavy atom. The van der Waals surface area contributed by atoms with E-state index < -0.39 is 5.54 Å². The van der Waals surface area contributed by atoms with Gasteiger partial charge in [0.2, 0.25) is 5.89 Å². The van der Waals surface area contributed by atoms with Crippen LogP contribution in [0.2, 0.25) is 0 Å². The van der Waals surface area contributed by atoms with Crippen molar-refractivity contribution in [2.75, 3.05) is 13.7 Å². The molecule has 0 aromatic carbocycles. The van der Waals surface area contributed by atoms with Gasteiger partial charge in [-0.25, -0.2) is 4.79 Å². The van der Waals surface area contributed by atoms with E-state index in [0.717, 1.165) is 51.6 Å². The molecule has 4 rings (SSSR count). The molecule has 1 unspecified atom stereocenters. The molecule has 1 aliphatic carbocycles. The minimum absolute atomic E-state index is 0.0439. The largest absolute Gasteiger partial charge is 0.378 e. The molecule has 1 aromatic rings. The Morgan fingerprint density at radius 2 is 2.00 bits per heavy atom. The first kappa shape index (κ1) is 16.5. The molecule has 2 saturated heterocycles. The Labute approximate surface area is 146 Å². The number of amides is 3. The summed E-state index contributed by atoms with van der Waals surface area (Å²) in [5.74, 6) is 0.747. The predicted octanol–water partition coefficient (Wildman–Crippen LogP) is 1.89. The second-order valence-electron chi connectivity index (χ2n) is 7.27. The summed E-state index contributed by atoms with van der Waals surface area (Å²) >= 11 is 0. The summed E-state index contributed by atoms with van der Waals surface area (Å²) in [4.78, 5) is 32.8. The fourth-order valence-electron chi connectivity index (χ4n) is 4.25. The Kier molecular flexibility index (Phi) is 4.23. The molecule has 8 nitrogen and oxygen atoms in total. The van der Waals surface area contributed by atoms with E-state index in [1.165, 1.54) is 4.90 Å². The molecular formula is C17H24N4O4. The van der Waals surface area contributed by atoms with Crippen molar-refractivity contribution in [1.29, 1.82) is 0 Å². The van der Waals surface area contributed by atoms with Crippen LogP contribution in [0.4, 0.5) is 4.79 Å². The third kappa shape index (κ3) is 2.82. The lowest BCUT2D eigenvalue weighted by atomic mass is 9.81. The Hall–Kier alpha value is -1.96. The van der Waals surface area contributed by atoms with E-state index in [1.807, 2.05) is 0 Å². The van der Waals surface area contributed by atoms with Gasteiger partial charge in [-0.15, -0.1) is 0 Å². The van der Waals surface area contributed by atoms with Gasteiger partial charge in [0.1, 0.15) is 12.1 Å². The Morgan fingerprint density at radius 1 is 1.20 bits per heavy atom. The van der Waals surface area contributed by atoms with Gasteiger partial charge in [-0.2, -0.15) is 4.98 Å². The van der Waals surface area contributed by atoms with Gasteiger partial charge in [0.15, 0.2) is 5.82 Å². The number of urea groups is 1. The quantitative estimate of drug-likeness (QED) is 0.772. The average Bonchev–Trinajstić information content (AvgIpc) is 3.33. The van der Waals surface area contributed by atoms with Gasteiger partial charge in [-0.3, -0.25) is 9.69 Å². The molecule has 136 valence electrons. The number of hydrogen-bond acceptors (Lipinski definition) is 6. The Bertz CT molecular complexity index is 661. The topological polar surface area (TPSA) is 88.8 Å². The summed E-state index contributed by atoms with van der Waals surface area (Å²) in [6.07, 6.45) is 7.34. The molecular weight excluding hydrogens is 324 g/mol. The summed E-state index contributed by atoms with van der Waals surface area (Å²) in [6.45, 7) is 0.822. The minimum Gasteiger partial charge on any atom is -0.378 e. The number of likely N-dealkylation sites (N-methyl/N-ethyl adjacent to an activating group) is 1. The van der Waals surface area contributed by atoms with Crippen LogP contribution in [0.3, 0.4) is 0 Å². The molecule has 1 spiro atoms. The summed E-state index contributed by atoms with van der Waals surface area (Å²) in [5.41, 5.74) is -0.671. The normalized spacial score (nSPS) is 26.2. The fourth-order valence-corrected chi connectivity index (χ4v) is 4.25. The summed E-state index contributed by atoms with van der Waals surface area (Å²) in [5, 5.41) is 3.97. The highest BCUT2D eigenvalue weighted by molar-refractivity contribution is 6.06. The summed E-state index contributed by atoms with van der Waals surface area (Å²) < 4.78 is 10.8. The molecule has 3 fully saturated rings. The Balaban J connectivity index is 1.46. The van der Waals surface area contributed by atoms with Crippen LogP contribution in [0, 0.1) is 0 Å². The van der Waals surface area contributed by atoms with Crippen molar-refractivity contribution in [2.24, 2.45) is 0 Å². The van der Waals surface area contributed by atoms with Crippen LogP contribution in [0.25, 0.3) is 0 Å². The van der Waals surface area contributed by atoms with E-state index in [4.69, 9.17) is 9.26 Å². The van der Waals surface area contributed by atoms with Crippen LogP contribution < -0.4 is 0 Å². The van der Waals surface area contributed by atoms with E-state index in [2.05, 4.69) is 10.1 Å². The lowest BCUT2D eigenvalue weighted by Crippen LogP contribution is -2.49. The van der Waals surface area contributed by atoms with Crippen molar-refractivity contribution in [1.82, 2.24) is 19.9 Å². The molecule has 1 atom stereocenters. The number of carbonyl (C=O) groups is 2. The highest BCUT2D eigenvalue weighted by Gasteiger charge is 2.55. The predicted molar refractivity (Wildman–Crippen MR) is 86.5 cm³/mol. The first-order valence-electron chi connectivity index (χ1n) is 9.13. The standard InChI is InChI=1S/C17H24N4O4/c1-20-16(23)21(15(22)17(20)7-3-2-4-8-17)11-14-18-13(19-25-14)10-12-6-5-9-24-12/h12H,2-11H2,1H3. The molecule has 25 heavy (non-hydrogen) atoms. The van der Waals surface area contributed by atoms with Crippen molar-refractivity contribution in [2.45, 2.75) is 69.6 Å². The van der Waals surface area contributed by atoms with Gasteiger partial charge in [-0.05, 0) is 25.7 Å². The maximum absolute atomic E-state index is 12.9. The van der Waals surface area contributed by atoms with Crippen molar-refractivity contribution in [3.05, 3.63) is 11.7 Å². The average molecular weight is 348 g/mol. The zero-order valence-corrected chi connectivity index (χ0v) is 14.6. The van der Waals surface area contributed by atoms with Crippen LogP contribution in [-0.4, -0.2) is 57.2 Å². The van der Waals surface area contributed by atoms with Crippen LogP contribution in [0.15, 0.2) is 4.52 Å². The fraction of sp³-hybridized carbons (Fsp3) is 0.765. The zero-order valence-electron chi connectivity index (χ0n) is 14.6. The second kappa shape index (κ2) is 6.40. The minimum atomic E-state index is -0.671. The van der Waals surface area contributed by atoms with Crippen LogP contribution in [0.5, 0.6) is 0 Å². The van der Waals surface area contributed by atoms with Crippen LogP contribution >= 0.6 is 0 Å². The molecule has 0 N–H and O–H groups in total. The number of ether oxygens (including phenoxy) is 1. The van der Waals surface area contributed by atoms with Crippen molar-refractivity contribution < 1.29 is 18.8 Å². The number of nitrogens with zero attached hydrogens (tertiary/aromatic N) is 4. The van der Waals surface area contributed by atoms with Crippen LogP contribution in [0.1, 0.15) is 56.7 Å². The first-order valence-corrected chi connectivity index (χ1v) is 9.13. The third-order valence-electron chi connectivity index (χ3n) is 5.72. The number of imide groups is 1. The van der Waals surface area contributed by atoms with Gasteiger partial charge in [-0.1, -0.05) is 24.4 Å². The highest BCUT2D eigenvalue weighted by atomic mass is 16.5. The molecule has 3 amide bonds. The van der Waals surface area contributed by atoms with Gasteiger partial charge in [0, 0.05) is 20.1 Å². The molecule has 3 aliphatic rings. The number of rotatable bonds is 4. The van der Waals surface area contributed by atoms with E-state index >= 15 is 0 Å². The van der Waals surface area contributed by atoms with Crippen LogP contribution in [-0.2, 0) is 22.5 Å². The van der Waals surface area contributed by atoms with E-state index in [9.17, 15) is 9.59 Å². The molecule has 1 saturated carbocycles.